The first-order chi connectivity index (χ1) is 14.6. The predicted molar refractivity (Wildman–Crippen MR) is 115 cm³/mol. The minimum Gasteiger partial charge on any atom is -0.489 e. The maximum absolute atomic E-state index is 13.4. The number of aryl methyl sites for hydroxylation is 2. The lowest BCUT2D eigenvalue weighted by Crippen LogP contribution is -2.67. The molecule has 8 nitrogen and oxygen atoms in total. The van der Waals surface area contributed by atoms with Gasteiger partial charge in [-0.05, 0) is 63.1 Å². The van der Waals surface area contributed by atoms with Crippen molar-refractivity contribution in [3.63, 3.8) is 0 Å². The first-order valence-corrected chi connectivity index (χ1v) is 11.5. The Kier molecular flexibility index (Phi) is 6.70. The van der Waals surface area contributed by atoms with Crippen LogP contribution in [0.5, 0.6) is 5.75 Å². The maximum atomic E-state index is 13.4. The molecular formula is C22H28N2O6S. The highest BCUT2D eigenvalue weighted by atomic mass is 32.2. The van der Waals surface area contributed by atoms with Crippen LogP contribution in [0.4, 0.5) is 0 Å². The van der Waals surface area contributed by atoms with Gasteiger partial charge in [-0.25, -0.2) is 13.9 Å². The molecule has 2 aromatic rings. The molecule has 168 valence electrons. The fourth-order valence-corrected chi connectivity index (χ4v) is 5.41. The number of carbonyl (C=O) groups is 1. The van der Waals surface area contributed by atoms with E-state index in [1.807, 2.05) is 26.0 Å². The van der Waals surface area contributed by atoms with Crippen molar-refractivity contribution in [1.29, 1.82) is 0 Å². The lowest BCUT2D eigenvalue weighted by molar-refractivity contribution is -0.144. The normalized spacial score (nSPS) is 23.9. The molecule has 0 saturated carbocycles. The van der Waals surface area contributed by atoms with Gasteiger partial charge in [-0.3, -0.25) is 15.3 Å². The number of nitrogens with one attached hydrogen (secondary N) is 2. The van der Waals surface area contributed by atoms with Gasteiger partial charge >= 0.3 is 0 Å². The third-order valence-corrected chi connectivity index (χ3v) is 7.80. The number of ether oxygens (including phenoxy) is 2. The number of carbonyl (C=O) groups excluding carboxylic acids is 1. The van der Waals surface area contributed by atoms with Gasteiger partial charge in [0.15, 0.2) is 4.93 Å². The highest BCUT2D eigenvalue weighted by molar-refractivity contribution is 7.92. The second kappa shape index (κ2) is 8.96. The molecule has 3 N–H and O–H groups in total. The van der Waals surface area contributed by atoms with Gasteiger partial charge in [0.25, 0.3) is 5.91 Å². The van der Waals surface area contributed by atoms with E-state index < -0.39 is 32.8 Å². The molecule has 1 saturated heterocycles. The average Bonchev–Trinajstić information content (AvgIpc) is 2.74. The number of hydrogen-bond acceptors (Lipinski definition) is 7. The molecular weight excluding hydrogens is 420 g/mol. The number of morpholine rings is 1. The molecule has 1 heterocycles. The van der Waals surface area contributed by atoms with Gasteiger partial charge in [0.2, 0.25) is 9.84 Å². The molecule has 2 aromatic carbocycles. The first-order valence-electron chi connectivity index (χ1n) is 9.97. The zero-order valence-electron chi connectivity index (χ0n) is 18.0. The Morgan fingerprint density at radius 3 is 2.58 bits per heavy atom. The van der Waals surface area contributed by atoms with E-state index in [4.69, 9.17) is 14.7 Å². The van der Waals surface area contributed by atoms with Gasteiger partial charge in [-0.15, -0.1) is 0 Å². The Bertz CT molecular complexity index is 1050. The first kappa shape index (κ1) is 23.2. The minimum atomic E-state index is -4.11. The highest BCUT2D eigenvalue weighted by Gasteiger charge is 2.54. The van der Waals surface area contributed by atoms with Crippen molar-refractivity contribution in [3.05, 3.63) is 59.2 Å². The van der Waals surface area contributed by atoms with Gasteiger partial charge in [0.1, 0.15) is 18.4 Å². The van der Waals surface area contributed by atoms with Crippen molar-refractivity contribution in [2.24, 2.45) is 0 Å². The summed E-state index contributed by atoms with van der Waals surface area (Å²) in [5.74, 6) is -0.364. The number of rotatable bonds is 6. The molecule has 1 fully saturated rings. The number of hydroxylamine groups is 1. The summed E-state index contributed by atoms with van der Waals surface area (Å²) in [6.07, 6.45) is -0.442. The van der Waals surface area contributed by atoms with Gasteiger partial charge in [-0.2, -0.15) is 0 Å². The maximum Gasteiger partial charge on any atom is 0.264 e. The van der Waals surface area contributed by atoms with Crippen molar-refractivity contribution in [1.82, 2.24) is 10.8 Å². The molecule has 31 heavy (non-hydrogen) atoms. The number of benzene rings is 2. The van der Waals surface area contributed by atoms with Crippen LogP contribution in [0.25, 0.3) is 0 Å². The topological polar surface area (TPSA) is 114 Å². The predicted octanol–water partition coefficient (Wildman–Crippen LogP) is 2.25. The Morgan fingerprint density at radius 1 is 1.26 bits per heavy atom. The molecule has 9 heteroatoms. The van der Waals surface area contributed by atoms with Crippen LogP contribution in [0, 0.1) is 13.8 Å². The number of sulfone groups is 1. The fourth-order valence-electron chi connectivity index (χ4n) is 3.66. The van der Waals surface area contributed by atoms with E-state index >= 15 is 0 Å². The standard InChI is InChI=1S/C22H28N2O6S/c1-14-5-6-15(2)17(11-14)13-29-18-7-9-19(10-8-18)31(27,28)22(4)20(21(25)24-26)23-12-16(3)30-22/h5-11,16,20,23,26H,12-13H2,1-4H3,(H,24,25)/t16-,20+,22-/m0/s1. The molecule has 1 aliphatic heterocycles. The van der Waals surface area contributed by atoms with E-state index in [9.17, 15) is 13.2 Å². The quantitative estimate of drug-likeness (QED) is 0.459. The molecule has 0 bridgehead atoms. The lowest BCUT2D eigenvalue weighted by atomic mass is 10.1. The summed E-state index contributed by atoms with van der Waals surface area (Å²) >= 11 is 0. The van der Waals surface area contributed by atoms with Crippen molar-refractivity contribution in [3.8, 4) is 5.75 Å². The molecule has 1 aliphatic rings. The number of hydrogen-bond donors (Lipinski definition) is 3. The second-order valence-corrected chi connectivity index (χ2v) is 10.2. The van der Waals surface area contributed by atoms with Crippen LogP contribution in [-0.2, 0) is 26.0 Å². The van der Waals surface area contributed by atoms with Gasteiger partial charge in [0, 0.05) is 6.54 Å². The van der Waals surface area contributed by atoms with Crippen molar-refractivity contribution in [2.45, 2.75) is 56.3 Å². The van der Waals surface area contributed by atoms with E-state index in [0.717, 1.165) is 16.7 Å². The molecule has 3 rings (SSSR count). The van der Waals surface area contributed by atoms with Crippen LogP contribution in [0.3, 0.4) is 0 Å². The van der Waals surface area contributed by atoms with E-state index in [1.54, 1.807) is 19.1 Å². The van der Waals surface area contributed by atoms with Crippen LogP contribution >= 0.6 is 0 Å². The zero-order chi connectivity index (χ0) is 22.8. The Labute approximate surface area is 182 Å². The summed E-state index contributed by atoms with van der Waals surface area (Å²) in [5.41, 5.74) is 4.81. The monoisotopic (exact) mass is 448 g/mol. The minimum absolute atomic E-state index is 0.0132. The smallest absolute Gasteiger partial charge is 0.264 e. The van der Waals surface area contributed by atoms with Crippen molar-refractivity contribution in [2.75, 3.05) is 6.54 Å². The fraction of sp³-hybridized carbons (Fsp3) is 0.409. The summed E-state index contributed by atoms with van der Waals surface area (Å²) < 4.78 is 38.3. The van der Waals surface area contributed by atoms with Crippen molar-refractivity contribution >= 4 is 15.7 Å². The van der Waals surface area contributed by atoms with E-state index in [1.165, 1.54) is 24.5 Å². The van der Waals surface area contributed by atoms with E-state index in [-0.39, 0.29) is 11.4 Å². The summed E-state index contributed by atoms with van der Waals surface area (Å²) in [5, 5.41) is 11.9. The van der Waals surface area contributed by atoms with Crippen LogP contribution in [0.15, 0.2) is 47.4 Å². The summed E-state index contributed by atoms with van der Waals surface area (Å²) in [4.78, 5) is 10.2. The average molecular weight is 449 g/mol. The van der Waals surface area contributed by atoms with Gasteiger partial charge in [-0.1, -0.05) is 23.8 Å². The number of amides is 1. The SMILES string of the molecule is Cc1ccc(C)c(COc2ccc(S(=O)(=O)[C@]3(C)O[C@@H](C)CN[C@@H]3C(=O)NO)cc2)c1. The third kappa shape index (κ3) is 4.59. The lowest BCUT2D eigenvalue weighted by Gasteiger charge is -2.42. The molecule has 0 spiro atoms. The van der Waals surface area contributed by atoms with Gasteiger partial charge < -0.3 is 9.47 Å². The summed E-state index contributed by atoms with van der Waals surface area (Å²) in [6.45, 7) is 7.69. The van der Waals surface area contributed by atoms with Crippen LogP contribution < -0.4 is 15.5 Å². The zero-order valence-corrected chi connectivity index (χ0v) is 18.8. The summed E-state index contributed by atoms with van der Waals surface area (Å²) in [6, 6.07) is 10.8. The largest absolute Gasteiger partial charge is 0.489 e. The Hall–Kier alpha value is -2.46. The van der Waals surface area contributed by atoms with Crippen LogP contribution in [-0.4, -0.2) is 43.2 Å². The summed E-state index contributed by atoms with van der Waals surface area (Å²) in [7, 11) is -4.11. The van der Waals surface area contributed by atoms with Gasteiger partial charge in [0.05, 0.1) is 11.0 Å². The molecule has 0 unspecified atom stereocenters. The van der Waals surface area contributed by atoms with E-state index in [0.29, 0.717) is 12.4 Å². The van der Waals surface area contributed by atoms with E-state index in [2.05, 4.69) is 11.4 Å². The van der Waals surface area contributed by atoms with Crippen LogP contribution in [0.1, 0.15) is 30.5 Å². The van der Waals surface area contributed by atoms with Crippen molar-refractivity contribution < 1.29 is 27.9 Å². The van der Waals surface area contributed by atoms with Crippen LogP contribution in [0.2, 0.25) is 0 Å². The Morgan fingerprint density at radius 2 is 1.94 bits per heavy atom. The Balaban J connectivity index is 1.82. The molecule has 3 atom stereocenters. The second-order valence-electron chi connectivity index (χ2n) is 7.96. The molecule has 0 aromatic heterocycles. The molecule has 1 amide bonds. The molecule has 0 aliphatic carbocycles. The third-order valence-electron chi connectivity index (χ3n) is 5.51. The highest BCUT2D eigenvalue weighted by Crippen LogP contribution is 2.34. The molecule has 0 radical (unpaired) electrons.